The van der Waals surface area contributed by atoms with Crippen molar-refractivity contribution in [2.45, 2.75) is 25.7 Å². The minimum absolute atomic E-state index is 0. The quantitative estimate of drug-likeness (QED) is 0.406. The Labute approximate surface area is 87.5 Å². The van der Waals surface area contributed by atoms with Gasteiger partial charge in [-0.1, -0.05) is 0 Å². The maximum absolute atomic E-state index is 3.03. The first-order valence-electron chi connectivity index (χ1n) is 2.91. The first kappa shape index (κ1) is 17.2. The van der Waals surface area contributed by atoms with E-state index in [2.05, 4.69) is 23.7 Å². The molecular formula is C8H10ClNRh. The van der Waals surface area contributed by atoms with Gasteiger partial charge < -0.3 is 18.6 Å². The number of rotatable bonds is 0. The minimum atomic E-state index is 0. The van der Waals surface area contributed by atoms with E-state index in [9.17, 15) is 0 Å². The van der Waals surface area contributed by atoms with E-state index in [4.69, 9.17) is 0 Å². The van der Waals surface area contributed by atoms with Crippen LogP contribution in [0.2, 0.25) is 0 Å². The van der Waals surface area contributed by atoms with Crippen molar-refractivity contribution in [1.82, 2.24) is 0 Å². The summed E-state index contributed by atoms with van der Waals surface area (Å²) in [5, 5.41) is 0. The van der Waals surface area contributed by atoms with E-state index in [0.29, 0.717) is 0 Å². The van der Waals surface area contributed by atoms with Gasteiger partial charge in [-0.2, -0.15) is 0 Å². The topological polar surface area (TPSA) is 33.5 Å². The Morgan fingerprint density at radius 2 is 0.818 bits per heavy atom. The minimum Gasteiger partial charge on any atom is -1.00 e. The van der Waals surface area contributed by atoms with Gasteiger partial charge in [0.1, 0.15) is 0 Å². The summed E-state index contributed by atoms with van der Waals surface area (Å²) in [6.07, 6.45) is 3.86. The summed E-state index contributed by atoms with van der Waals surface area (Å²) in [4.78, 5) is 0. The van der Waals surface area contributed by atoms with Crippen LogP contribution in [-0.2, 0) is 19.5 Å². The van der Waals surface area contributed by atoms with Gasteiger partial charge in [0.15, 0.2) is 0 Å². The van der Waals surface area contributed by atoms with E-state index in [1.54, 1.807) is 0 Å². The van der Waals surface area contributed by atoms with E-state index in [1.807, 2.05) is 0 Å². The molecule has 0 heterocycles. The van der Waals surface area contributed by atoms with E-state index < -0.39 is 0 Å². The van der Waals surface area contributed by atoms with Crippen molar-refractivity contribution in [3.8, 4) is 23.7 Å². The standard InChI is InChI=1S/C8H8.ClH.H2N.Rh/c1-2-4-6-8-7-5-3-1;;;/h1-2,7-8H2;1H;1H2;/q;;-1;+2/p-1. The molecule has 1 aliphatic carbocycles. The normalized spacial score (nSPS) is 11.6. The van der Waals surface area contributed by atoms with Gasteiger partial charge in [-0.05, 0) is 0 Å². The van der Waals surface area contributed by atoms with Gasteiger partial charge in [0.05, 0.1) is 0 Å². The summed E-state index contributed by atoms with van der Waals surface area (Å²) in [5.41, 5.74) is 0. The molecule has 0 fully saturated rings. The zero-order valence-electron chi connectivity index (χ0n) is 6.12. The maximum atomic E-state index is 3.03. The molecule has 11 heavy (non-hydrogen) atoms. The monoisotopic (exact) mass is 258 g/mol. The number of halogens is 1. The average Bonchev–Trinajstić information content (AvgIpc) is 1.62. The zero-order chi connectivity index (χ0) is 5.66. The Morgan fingerprint density at radius 3 is 1.00 bits per heavy atom. The molecule has 1 aliphatic rings. The van der Waals surface area contributed by atoms with Gasteiger partial charge in [-0.25, -0.2) is 0 Å². The van der Waals surface area contributed by atoms with Crippen molar-refractivity contribution in [3.05, 3.63) is 6.15 Å². The zero-order valence-corrected chi connectivity index (χ0v) is 8.51. The van der Waals surface area contributed by atoms with Gasteiger partial charge in [0.2, 0.25) is 0 Å². The van der Waals surface area contributed by atoms with Crippen molar-refractivity contribution in [2.75, 3.05) is 0 Å². The number of nitrogens with two attached hydrogens (primary N) is 1. The van der Waals surface area contributed by atoms with Crippen molar-refractivity contribution in [2.24, 2.45) is 0 Å². The fraction of sp³-hybridized carbons (Fsp3) is 0.500. The van der Waals surface area contributed by atoms with Gasteiger partial charge in [-0.3, -0.25) is 0 Å². The Balaban J connectivity index is -0.000000213. The molecule has 3 heteroatoms. The van der Waals surface area contributed by atoms with Crippen LogP contribution in [0.5, 0.6) is 0 Å². The first-order chi connectivity index (χ1) is 4.00. The third-order valence-corrected chi connectivity index (χ3v) is 1.000. The fourth-order valence-corrected chi connectivity index (χ4v) is 0.604. The van der Waals surface area contributed by atoms with Crippen LogP contribution >= 0.6 is 0 Å². The predicted molar refractivity (Wildman–Crippen MR) is 39.3 cm³/mol. The Bertz CT molecular complexity index is 144. The molecule has 0 saturated heterocycles. The third-order valence-electron chi connectivity index (χ3n) is 1.000. The first-order valence-corrected chi connectivity index (χ1v) is 2.91. The van der Waals surface area contributed by atoms with Crippen LogP contribution in [0, 0.1) is 23.7 Å². The summed E-state index contributed by atoms with van der Waals surface area (Å²) in [5.74, 6) is 12.1. The van der Waals surface area contributed by atoms with Gasteiger partial charge in [-0.15, -0.1) is 23.7 Å². The molecule has 1 rings (SSSR count). The Morgan fingerprint density at radius 1 is 0.636 bits per heavy atom. The van der Waals surface area contributed by atoms with Crippen LogP contribution in [-0.4, -0.2) is 0 Å². The maximum Gasteiger partial charge on any atom is 2.00 e. The van der Waals surface area contributed by atoms with Crippen LogP contribution < -0.4 is 12.4 Å². The fourth-order valence-electron chi connectivity index (χ4n) is 0.604. The van der Waals surface area contributed by atoms with Crippen LogP contribution in [0.3, 0.4) is 0 Å². The molecule has 63 valence electrons. The largest absolute Gasteiger partial charge is 2.00 e. The van der Waals surface area contributed by atoms with Crippen LogP contribution in [0.15, 0.2) is 0 Å². The van der Waals surface area contributed by atoms with E-state index >= 15 is 0 Å². The average molecular weight is 259 g/mol. The van der Waals surface area contributed by atoms with Gasteiger partial charge >= 0.3 is 19.5 Å². The Kier molecular flexibility index (Phi) is 19.8. The molecule has 2 N–H and O–H groups in total. The molecule has 1 radical (unpaired) electrons. The Hall–Kier alpha value is -0.00662. The molecule has 0 bridgehead atoms. The summed E-state index contributed by atoms with van der Waals surface area (Å²) >= 11 is 0. The molecule has 0 unspecified atom stereocenters. The smallest absolute Gasteiger partial charge is 1.00 e. The van der Waals surface area contributed by atoms with Crippen molar-refractivity contribution >= 4 is 0 Å². The van der Waals surface area contributed by atoms with Gasteiger partial charge in [0, 0.05) is 25.7 Å². The second-order valence-corrected chi connectivity index (χ2v) is 1.71. The molecular weight excluding hydrogens is 248 g/mol. The second-order valence-electron chi connectivity index (χ2n) is 1.71. The number of hydrogen-bond acceptors (Lipinski definition) is 0. The summed E-state index contributed by atoms with van der Waals surface area (Å²) in [6.45, 7) is 0. The van der Waals surface area contributed by atoms with Crippen LogP contribution in [0.25, 0.3) is 6.15 Å². The van der Waals surface area contributed by atoms with Gasteiger partial charge in [0.25, 0.3) is 0 Å². The molecule has 0 aromatic rings. The molecule has 0 aromatic carbocycles. The second kappa shape index (κ2) is 12.7. The molecule has 0 amide bonds. The SMILES string of the molecule is C1#CCCC#CCC1.[Cl-].[NH2-].[Rh+2]. The summed E-state index contributed by atoms with van der Waals surface area (Å²) in [7, 11) is 0. The van der Waals surface area contributed by atoms with E-state index in [0.717, 1.165) is 25.7 Å². The van der Waals surface area contributed by atoms with Crippen molar-refractivity contribution in [1.29, 1.82) is 0 Å². The van der Waals surface area contributed by atoms with E-state index in [-0.39, 0.29) is 38.0 Å². The van der Waals surface area contributed by atoms with Crippen LogP contribution in [0.4, 0.5) is 0 Å². The molecule has 0 spiro atoms. The predicted octanol–water partition coefficient (Wildman–Crippen LogP) is -0.714. The van der Waals surface area contributed by atoms with Crippen molar-refractivity contribution in [3.63, 3.8) is 0 Å². The van der Waals surface area contributed by atoms with Crippen LogP contribution in [0.1, 0.15) is 25.7 Å². The van der Waals surface area contributed by atoms with Crippen molar-refractivity contribution < 1.29 is 31.9 Å². The summed E-state index contributed by atoms with van der Waals surface area (Å²) < 4.78 is 0. The molecule has 0 atom stereocenters. The van der Waals surface area contributed by atoms with E-state index in [1.165, 1.54) is 0 Å². The molecule has 0 aromatic heterocycles. The summed E-state index contributed by atoms with van der Waals surface area (Å²) in [6, 6.07) is 0. The molecule has 0 saturated carbocycles. The molecule has 0 aliphatic heterocycles. The number of hydrogen-bond donors (Lipinski definition) is 0. The molecule has 1 nitrogen and oxygen atoms in total. The third kappa shape index (κ3) is 9.99.